The minimum Gasteiger partial charge on any atom is -0.462 e. The van der Waals surface area contributed by atoms with Gasteiger partial charge in [0.05, 0.1) is 26.4 Å². The Morgan fingerprint density at radius 2 is 0.628 bits per heavy atom. The molecule has 94 heavy (non-hydrogen) atoms. The molecule has 0 heterocycles. The fourth-order valence-electron chi connectivity index (χ4n) is 10.9. The molecule has 0 aromatic heterocycles. The Kier molecular flexibility index (Phi) is 64.7. The number of unbranched alkanes of at least 4 members (excludes halogenated alkanes) is 38. The average molecular weight is 1380 g/mol. The van der Waals surface area contributed by atoms with Crippen LogP contribution in [0, 0.1) is 11.8 Å². The van der Waals surface area contributed by atoms with E-state index in [4.69, 9.17) is 37.0 Å². The van der Waals surface area contributed by atoms with E-state index in [9.17, 15) is 43.2 Å². The molecule has 0 aromatic rings. The summed E-state index contributed by atoms with van der Waals surface area (Å²) in [6.07, 6.45) is 56.7. The average Bonchev–Trinajstić information content (AvgIpc) is 2.79. The van der Waals surface area contributed by atoms with Crippen molar-refractivity contribution >= 4 is 39.5 Å². The molecule has 0 aliphatic heterocycles. The number of hydrogen-bond donors (Lipinski definition) is 3. The van der Waals surface area contributed by atoms with Crippen LogP contribution >= 0.6 is 15.6 Å². The molecular formula is C75H142O17P2. The van der Waals surface area contributed by atoms with Crippen LogP contribution in [0.2, 0.25) is 0 Å². The SMILES string of the molecule is CCCCCC/C=C\C=C/CCCCCCCC(=O)OC[C@H](COP(=O)(O)OC[C@@H](O)COP(=O)(O)OC[C@@H](COC(=O)CCCCCCCCCC)OC(=O)CCCCCCCCC(C)C)OC(=O)CCCCCCCCCCCCCCCCCCCCC(C)CC. The minimum atomic E-state index is -4.96. The van der Waals surface area contributed by atoms with Gasteiger partial charge in [-0.05, 0) is 63.2 Å². The molecule has 0 saturated heterocycles. The highest BCUT2D eigenvalue weighted by Crippen LogP contribution is 2.45. The zero-order valence-corrected chi connectivity index (χ0v) is 62.5. The zero-order valence-electron chi connectivity index (χ0n) is 60.7. The highest BCUT2D eigenvalue weighted by molar-refractivity contribution is 7.47. The van der Waals surface area contributed by atoms with Gasteiger partial charge in [0.2, 0.25) is 0 Å². The largest absolute Gasteiger partial charge is 0.472 e. The number of aliphatic hydroxyl groups excluding tert-OH is 1. The maximum Gasteiger partial charge on any atom is 0.472 e. The Hall–Kier alpha value is -2.46. The molecule has 6 atom stereocenters. The molecule has 554 valence electrons. The number of rotatable bonds is 72. The second kappa shape index (κ2) is 66.4. The Morgan fingerprint density at radius 1 is 0.351 bits per heavy atom. The predicted octanol–water partition coefficient (Wildman–Crippen LogP) is 21.5. The van der Waals surface area contributed by atoms with E-state index < -0.39 is 97.5 Å². The van der Waals surface area contributed by atoms with Crippen LogP contribution in [-0.4, -0.2) is 96.7 Å². The standard InChI is InChI=1S/C75H142O17P2/c1-7-10-12-14-16-18-19-20-25-29-32-35-39-46-52-58-73(78)86-63-70(91-74(79)59-53-47-40-36-33-30-27-24-22-21-23-26-28-31-34-37-44-50-56-68(6)9-3)65-89-93(81,82)87-61-69(76)62-88-94(83,84)90-66-71(64-85-72(77)57-51-45-38-17-15-13-11-8-2)92-75(80)60-54-48-42-41-43-49-55-67(4)5/h18-20,25,67-71,76H,7-17,21-24,26-66H2,1-6H3,(H,81,82)(H,83,84)/b19-18-,25-20-/t68?,69-,70-,71-/m1/s1. The van der Waals surface area contributed by atoms with E-state index in [-0.39, 0.29) is 25.7 Å². The van der Waals surface area contributed by atoms with Gasteiger partial charge in [-0.15, -0.1) is 0 Å². The molecule has 3 unspecified atom stereocenters. The summed E-state index contributed by atoms with van der Waals surface area (Å²) in [4.78, 5) is 72.5. The molecule has 19 heteroatoms. The highest BCUT2D eigenvalue weighted by Gasteiger charge is 2.30. The summed E-state index contributed by atoms with van der Waals surface area (Å²) in [7, 11) is -9.91. The van der Waals surface area contributed by atoms with Crippen LogP contribution in [0.25, 0.3) is 0 Å². The maximum absolute atomic E-state index is 13.1. The van der Waals surface area contributed by atoms with Gasteiger partial charge in [-0.25, -0.2) is 9.13 Å². The number of phosphoric ester groups is 2. The van der Waals surface area contributed by atoms with Gasteiger partial charge in [0.15, 0.2) is 12.2 Å². The summed E-state index contributed by atoms with van der Waals surface area (Å²) in [6, 6.07) is 0. The van der Waals surface area contributed by atoms with Crippen molar-refractivity contribution in [3.8, 4) is 0 Å². The summed E-state index contributed by atoms with van der Waals surface area (Å²) >= 11 is 0. The lowest BCUT2D eigenvalue weighted by molar-refractivity contribution is -0.161. The van der Waals surface area contributed by atoms with Gasteiger partial charge in [-0.3, -0.25) is 37.3 Å². The van der Waals surface area contributed by atoms with E-state index in [2.05, 4.69) is 65.8 Å². The third-order valence-corrected chi connectivity index (χ3v) is 19.1. The monoisotopic (exact) mass is 1380 g/mol. The summed E-state index contributed by atoms with van der Waals surface area (Å²) in [5.74, 6) is -0.619. The third kappa shape index (κ3) is 66.8. The van der Waals surface area contributed by atoms with Crippen molar-refractivity contribution in [3.63, 3.8) is 0 Å². The first-order valence-electron chi connectivity index (χ1n) is 38.3. The minimum absolute atomic E-state index is 0.0997. The molecule has 0 spiro atoms. The third-order valence-electron chi connectivity index (χ3n) is 17.2. The number of carbonyl (C=O) groups excluding carboxylic acids is 4. The normalized spacial score (nSPS) is 14.5. The Morgan fingerprint density at radius 3 is 0.957 bits per heavy atom. The van der Waals surface area contributed by atoms with Gasteiger partial charge in [-0.2, -0.15) is 0 Å². The fourth-order valence-corrected chi connectivity index (χ4v) is 12.5. The topological polar surface area (TPSA) is 237 Å². The molecule has 0 aliphatic rings. The smallest absolute Gasteiger partial charge is 0.462 e. The summed E-state index contributed by atoms with van der Waals surface area (Å²) < 4.78 is 68.3. The first-order chi connectivity index (χ1) is 45.4. The van der Waals surface area contributed by atoms with Gasteiger partial charge in [0.25, 0.3) is 0 Å². The number of esters is 4. The lowest BCUT2D eigenvalue weighted by Gasteiger charge is -2.21. The highest BCUT2D eigenvalue weighted by atomic mass is 31.2. The quantitative estimate of drug-likeness (QED) is 0.0169. The zero-order chi connectivity index (χ0) is 69.3. The predicted molar refractivity (Wildman–Crippen MR) is 381 cm³/mol. The van der Waals surface area contributed by atoms with E-state index in [1.165, 1.54) is 154 Å². The van der Waals surface area contributed by atoms with E-state index in [1.54, 1.807) is 0 Å². The van der Waals surface area contributed by atoms with Crippen LogP contribution in [0.4, 0.5) is 0 Å². The van der Waals surface area contributed by atoms with Gasteiger partial charge >= 0.3 is 39.5 Å². The summed E-state index contributed by atoms with van der Waals surface area (Å²) in [5.41, 5.74) is 0. The Bertz CT molecular complexity index is 1920. The summed E-state index contributed by atoms with van der Waals surface area (Å²) in [6.45, 7) is 9.45. The fraction of sp³-hybridized carbons (Fsp3) is 0.893. The maximum atomic E-state index is 13.1. The van der Waals surface area contributed by atoms with Crippen molar-refractivity contribution in [2.45, 2.75) is 381 Å². The lowest BCUT2D eigenvalue weighted by Crippen LogP contribution is -2.30. The van der Waals surface area contributed by atoms with Crippen molar-refractivity contribution in [2.24, 2.45) is 11.8 Å². The molecule has 17 nitrogen and oxygen atoms in total. The number of carbonyl (C=O) groups is 4. The van der Waals surface area contributed by atoms with Crippen LogP contribution in [0.5, 0.6) is 0 Å². The Labute approximate surface area is 573 Å². The molecule has 0 saturated carbocycles. The van der Waals surface area contributed by atoms with E-state index >= 15 is 0 Å². The van der Waals surface area contributed by atoms with Crippen LogP contribution in [0.1, 0.15) is 363 Å². The molecule has 3 N–H and O–H groups in total. The molecule has 0 bridgehead atoms. The van der Waals surface area contributed by atoms with Crippen molar-refractivity contribution in [1.29, 1.82) is 0 Å². The Balaban J connectivity index is 5.18. The van der Waals surface area contributed by atoms with Crippen molar-refractivity contribution in [3.05, 3.63) is 24.3 Å². The van der Waals surface area contributed by atoms with E-state index in [0.29, 0.717) is 31.6 Å². The lowest BCUT2D eigenvalue weighted by atomic mass is 9.99. The number of ether oxygens (including phenoxy) is 4. The van der Waals surface area contributed by atoms with Gasteiger partial charge in [0.1, 0.15) is 19.3 Å². The molecule has 0 fully saturated rings. The van der Waals surface area contributed by atoms with Crippen molar-refractivity contribution in [2.75, 3.05) is 39.6 Å². The van der Waals surface area contributed by atoms with Crippen molar-refractivity contribution in [1.82, 2.24) is 0 Å². The second-order valence-corrected chi connectivity index (χ2v) is 30.0. The van der Waals surface area contributed by atoms with Gasteiger partial charge in [0, 0.05) is 25.7 Å². The van der Waals surface area contributed by atoms with Gasteiger partial charge in [-0.1, -0.05) is 310 Å². The molecule has 0 rings (SSSR count). The van der Waals surface area contributed by atoms with Crippen LogP contribution < -0.4 is 0 Å². The molecule has 0 aromatic carbocycles. The number of allylic oxidation sites excluding steroid dienone is 4. The van der Waals surface area contributed by atoms with E-state index in [0.717, 1.165) is 121 Å². The molecule has 0 radical (unpaired) electrons. The van der Waals surface area contributed by atoms with E-state index in [1.807, 2.05) is 0 Å². The van der Waals surface area contributed by atoms with Gasteiger partial charge < -0.3 is 33.8 Å². The second-order valence-electron chi connectivity index (χ2n) is 27.1. The molecule has 0 aliphatic carbocycles. The van der Waals surface area contributed by atoms with Crippen LogP contribution in [0.3, 0.4) is 0 Å². The van der Waals surface area contributed by atoms with Crippen molar-refractivity contribution < 1.29 is 80.2 Å². The molecule has 0 amide bonds. The first-order valence-corrected chi connectivity index (χ1v) is 41.3. The summed E-state index contributed by atoms with van der Waals surface area (Å²) in [5, 5.41) is 10.6. The number of hydrogen-bond acceptors (Lipinski definition) is 15. The van der Waals surface area contributed by atoms with Crippen LogP contribution in [-0.2, 0) is 65.4 Å². The molecular weight excluding hydrogens is 1230 g/mol. The number of phosphoric acid groups is 2. The first kappa shape index (κ1) is 91.5. The van der Waals surface area contributed by atoms with Crippen LogP contribution in [0.15, 0.2) is 24.3 Å². The number of aliphatic hydroxyl groups is 1.